The van der Waals surface area contributed by atoms with Crippen molar-refractivity contribution in [3.05, 3.63) is 0 Å². The van der Waals surface area contributed by atoms with Crippen LogP contribution in [0, 0.1) is 0 Å². The van der Waals surface area contributed by atoms with Gasteiger partial charge in [0.1, 0.15) is 0 Å². The van der Waals surface area contributed by atoms with Crippen LogP contribution >= 0.6 is 0 Å². The number of hydrogen-bond donors (Lipinski definition) is 1. The van der Waals surface area contributed by atoms with Gasteiger partial charge in [-0.3, -0.25) is 0 Å². The Morgan fingerprint density at radius 1 is 1.33 bits per heavy atom. The van der Waals surface area contributed by atoms with E-state index >= 15 is 0 Å². The molecule has 0 atom stereocenters. The van der Waals surface area contributed by atoms with Crippen LogP contribution in [0.15, 0.2) is 0 Å². The molecule has 0 rings (SSSR count). The van der Waals surface area contributed by atoms with Crippen molar-refractivity contribution in [1.29, 1.82) is 0 Å². The van der Waals surface area contributed by atoms with Crippen molar-refractivity contribution in [1.82, 2.24) is 9.03 Å². The SMILES string of the molecule is CNS(=O)(=O)N(C)C.[Na+]. The molecule has 0 aromatic carbocycles. The number of hydrogen-bond acceptors (Lipinski definition) is 2. The first-order valence-corrected chi connectivity index (χ1v) is 3.55. The Morgan fingerprint density at radius 3 is 1.67 bits per heavy atom. The summed E-state index contributed by atoms with van der Waals surface area (Å²) >= 11 is 0. The van der Waals surface area contributed by atoms with Gasteiger partial charge in [0.25, 0.3) is 10.2 Å². The normalized spacial score (nSPS) is 11.1. The van der Waals surface area contributed by atoms with Crippen LogP contribution in [0.5, 0.6) is 0 Å². The molecule has 4 nitrogen and oxygen atoms in total. The van der Waals surface area contributed by atoms with Crippen molar-refractivity contribution < 1.29 is 38.0 Å². The van der Waals surface area contributed by atoms with Gasteiger partial charge in [0.15, 0.2) is 0 Å². The molecule has 6 heteroatoms. The molecule has 0 aromatic rings. The van der Waals surface area contributed by atoms with E-state index in [0.717, 1.165) is 4.31 Å². The van der Waals surface area contributed by atoms with Crippen molar-refractivity contribution >= 4 is 10.2 Å². The maximum atomic E-state index is 10.5. The van der Waals surface area contributed by atoms with Gasteiger partial charge < -0.3 is 0 Å². The Bertz CT molecular complexity index is 153. The van der Waals surface area contributed by atoms with E-state index in [1.807, 2.05) is 0 Å². The van der Waals surface area contributed by atoms with Gasteiger partial charge in [-0.15, -0.1) is 0 Å². The van der Waals surface area contributed by atoms with Crippen LogP contribution in [-0.4, -0.2) is 33.9 Å². The summed E-state index contributed by atoms with van der Waals surface area (Å²) in [5.41, 5.74) is 0. The predicted octanol–water partition coefficient (Wildman–Crippen LogP) is -3.98. The minimum Gasteiger partial charge on any atom is -0.205 e. The maximum Gasteiger partial charge on any atom is 1.00 e. The molecule has 0 bridgehead atoms. The second-order valence-corrected chi connectivity index (χ2v) is 3.58. The zero-order chi connectivity index (χ0) is 6.78. The van der Waals surface area contributed by atoms with Gasteiger partial charge in [-0.1, -0.05) is 0 Å². The quantitative estimate of drug-likeness (QED) is 0.420. The Morgan fingerprint density at radius 2 is 1.67 bits per heavy atom. The van der Waals surface area contributed by atoms with E-state index < -0.39 is 10.2 Å². The number of nitrogens with one attached hydrogen (secondary N) is 1. The minimum absolute atomic E-state index is 0. The van der Waals surface area contributed by atoms with Crippen molar-refractivity contribution in [2.75, 3.05) is 21.1 Å². The molecule has 0 saturated heterocycles. The third kappa shape index (κ3) is 4.30. The van der Waals surface area contributed by atoms with Crippen molar-refractivity contribution in [2.24, 2.45) is 0 Å². The molecule has 0 fully saturated rings. The molecule has 0 aliphatic rings. The van der Waals surface area contributed by atoms with Crippen LogP contribution in [0.25, 0.3) is 0 Å². The summed E-state index contributed by atoms with van der Waals surface area (Å²) in [6.07, 6.45) is 0. The molecule has 0 heterocycles. The van der Waals surface area contributed by atoms with Gasteiger partial charge in [-0.25, -0.2) is 4.72 Å². The van der Waals surface area contributed by atoms with E-state index in [1.54, 1.807) is 0 Å². The van der Waals surface area contributed by atoms with Gasteiger partial charge in [0.2, 0.25) is 0 Å². The molecule has 9 heavy (non-hydrogen) atoms. The molecule has 0 aliphatic heterocycles. The molecule has 0 unspecified atom stereocenters. The zero-order valence-corrected chi connectivity index (χ0v) is 8.99. The van der Waals surface area contributed by atoms with E-state index in [4.69, 9.17) is 0 Å². The molecule has 0 aromatic heterocycles. The zero-order valence-electron chi connectivity index (χ0n) is 6.17. The molecular formula is C3H10N2NaO2S+. The Balaban J connectivity index is 0. The van der Waals surface area contributed by atoms with Crippen molar-refractivity contribution in [2.45, 2.75) is 0 Å². The average Bonchev–Trinajstić information content (AvgIpc) is 1.67. The summed E-state index contributed by atoms with van der Waals surface area (Å²) in [7, 11) is 1.15. The predicted molar refractivity (Wildman–Crippen MR) is 31.7 cm³/mol. The summed E-state index contributed by atoms with van der Waals surface area (Å²) < 4.78 is 24.3. The Kier molecular flexibility index (Phi) is 6.48. The maximum absolute atomic E-state index is 10.5. The van der Waals surface area contributed by atoms with E-state index in [-0.39, 0.29) is 29.6 Å². The van der Waals surface area contributed by atoms with E-state index in [9.17, 15) is 8.42 Å². The monoisotopic (exact) mass is 161 g/mol. The summed E-state index contributed by atoms with van der Waals surface area (Å²) in [5, 5.41) is 0. The van der Waals surface area contributed by atoms with Gasteiger partial charge in [-0.2, -0.15) is 12.7 Å². The van der Waals surface area contributed by atoms with Crippen LogP contribution in [-0.2, 0) is 10.2 Å². The van der Waals surface area contributed by atoms with Crippen LogP contribution in [0.2, 0.25) is 0 Å². The van der Waals surface area contributed by atoms with Crippen LogP contribution in [0.1, 0.15) is 0 Å². The van der Waals surface area contributed by atoms with Gasteiger partial charge in [-0.05, 0) is 0 Å². The molecule has 1 N–H and O–H groups in total. The Labute approximate surface area is 78.1 Å². The summed E-state index contributed by atoms with van der Waals surface area (Å²) in [5.74, 6) is 0. The second-order valence-electron chi connectivity index (χ2n) is 1.49. The van der Waals surface area contributed by atoms with Gasteiger partial charge in [0, 0.05) is 21.1 Å². The molecule has 0 spiro atoms. The van der Waals surface area contributed by atoms with Crippen LogP contribution in [0.3, 0.4) is 0 Å². The fraction of sp³-hybridized carbons (Fsp3) is 1.00. The molecule has 0 aliphatic carbocycles. The summed E-state index contributed by atoms with van der Waals surface area (Å²) in [6, 6.07) is 0. The smallest absolute Gasteiger partial charge is 0.205 e. The first-order chi connectivity index (χ1) is 3.50. The molecule has 0 radical (unpaired) electrons. The molecule has 0 amide bonds. The largest absolute Gasteiger partial charge is 1.00 e. The van der Waals surface area contributed by atoms with Crippen molar-refractivity contribution in [3.8, 4) is 0 Å². The molecule has 50 valence electrons. The fourth-order valence-electron chi connectivity index (χ4n) is 0.183. The van der Waals surface area contributed by atoms with E-state index in [2.05, 4.69) is 4.72 Å². The summed E-state index contributed by atoms with van der Waals surface area (Å²) in [4.78, 5) is 0. The van der Waals surface area contributed by atoms with Gasteiger partial charge >= 0.3 is 29.6 Å². The first kappa shape index (κ1) is 12.5. The van der Waals surface area contributed by atoms with E-state index in [0.29, 0.717) is 0 Å². The average molecular weight is 161 g/mol. The molecule has 0 saturated carbocycles. The van der Waals surface area contributed by atoms with Crippen LogP contribution < -0.4 is 34.3 Å². The third-order valence-electron chi connectivity index (χ3n) is 0.739. The first-order valence-electron chi connectivity index (χ1n) is 2.11. The van der Waals surface area contributed by atoms with Gasteiger partial charge in [0.05, 0.1) is 0 Å². The number of nitrogens with zero attached hydrogens (tertiary/aromatic N) is 1. The minimum atomic E-state index is -3.15. The number of rotatable bonds is 2. The fourth-order valence-corrected chi connectivity index (χ4v) is 0.548. The molecular weight excluding hydrogens is 151 g/mol. The third-order valence-corrected chi connectivity index (χ3v) is 2.22. The van der Waals surface area contributed by atoms with E-state index in [1.165, 1.54) is 21.1 Å². The topological polar surface area (TPSA) is 49.4 Å². The Hall–Kier alpha value is 0.870. The van der Waals surface area contributed by atoms with Crippen molar-refractivity contribution in [3.63, 3.8) is 0 Å². The summed E-state index contributed by atoms with van der Waals surface area (Å²) in [6.45, 7) is 0. The van der Waals surface area contributed by atoms with Crippen LogP contribution in [0.4, 0.5) is 0 Å². The second kappa shape index (κ2) is 4.65. The standard InChI is InChI=1S/C3H10N2O2S.Na/c1-4-8(6,7)5(2)3;/h4H,1-3H3;/q;+1.